The van der Waals surface area contributed by atoms with Gasteiger partial charge in [-0.1, -0.05) is 0 Å². The molecule has 0 spiro atoms. The third-order valence-electron chi connectivity index (χ3n) is 2.30. The lowest BCUT2D eigenvalue weighted by molar-refractivity contribution is 0.0988. The maximum absolute atomic E-state index is 11.6. The molecule has 0 aliphatic heterocycles. The van der Waals surface area contributed by atoms with Crippen molar-refractivity contribution < 1.29 is 22.5 Å². The van der Waals surface area contributed by atoms with Gasteiger partial charge in [-0.25, -0.2) is 0 Å². The Hall–Kier alpha value is -1.40. The van der Waals surface area contributed by atoms with Crippen molar-refractivity contribution in [3.8, 4) is 5.75 Å². The van der Waals surface area contributed by atoms with Gasteiger partial charge in [-0.05, 0) is 30.7 Å². The Balaban J connectivity index is 2.80. The number of methoxy groups -OCH3 is 1. The summed E-state index contributed by atoms with van der Waals surface area (Å²) in [4.78, 5) is 11.6. The van der Waals surface area contributed by atoms with E-state index in [4.69, 9.17) is 9.29 Å². The summed E-state index contributed by atoms with van der Waals surface area (Å²) in [5.74, 6) is -0.221. The van der Waals surface area contributed by atoms with Crippen molar-refractivity contribution in [3.63, 3.8) is 0 Å². The predicted molar refractivity (Wildman–Crippen MR) is 63.1 cm³/mol. The van der Waals surface area contributed by atoms with Gasteiger partial charge in [0.2, 0.25) is 0 Å². The summed E-state index contributed by atoms with van der Waals surface area (Å²) in [6.07, 6.45) is -0.232. The number of aryl methyl sites for hydroxylation is 1. The Morgan fingerprint density at radius 2 is 2.06 bits per heavy atom. The molecule has 0 amide bonds. The van der Waals surface area contributed by atoms with Crippen LogP contribution in [0.2, 0.25) is 0 Å². The van der Waals surface area contributed by atoms with Gasteiger partial charge in [-0.3, -0.25) is 9.35 Å². The first-order valence-electron chi connectivity index (χ1n) is 4.96. The lowest BCUT2D eigenvalue weighted by Crippen LogP contribution is -2.10. The molecule has 5 nitrogen and oxygen atoms in total. The van der Waals surface area contributed by atoms with E-state index in [0.717, 1.165) is 5.56 Å². The van der Waals surface area contributed by atoms with Gasteiger partial charge in [0.25, 0.3) is 10.1 Å². The highest BCUT2D eigenvalue weighted by atomic mass is 32.2. The number of ketones is 1. The second-order valence-corrected chi connectivity index (χ2v) is 5.22. The fourth-order valence-electron chi connectivity index (χ4n) is 1.42. The van der Waals surface area contributed by atoms with Crippen LogP contribution in [-0.2, 0) is 10.1 Å². The molecule has 0 aromatic heterocycles. The van der Waals surface area contributed by atoms with Gasteiger partial charge in [0.05, 0.1) is 12.9 Å². The van der Waals surface area contributed by atoms with Crippen molar-refractivity contribution in [1.29, 1.82) is 0 Å². The van der Waals surface area contributed by atoms with Crippen LogP contribution in [0.3, 0.4) is 0 Å². The zero-order valence-corrected chi connectivity index (χ0v) is 10.5. The van der Waals surface area contributed by atoms with Crippen molar-refractivity contribution in [3.05, 3.63) is 29.3 Å². The van der Waals surface area contributed by atoms with Gasteiger partial charge < -0.3 is 4.74 Å². The Morgan fingerprint density at radius 3 is 2.53 bits per heavy atom. The van der Waals surface area contributed by atoms with E-state index in [2.05, 4.69) is 0 Å². The molecule has 1 aromatic rings. The molecule has 0 aliphatic rings. The maximum atomic E-state index is 11.6. The molecule has 6 heteroatoms. The molecule has 1 N–H and O–H groups in total. The second kappa shape index (κ2) is 5.29. The molecular weight excluding hydrogens is 244 g/mol. The van der Waals surface area contributed by atoms with Gasteiger partial charge >= 0.3 is 0 Å². The molecule has 0 radical (unpaired) electrons. The Bertz CT molecular complexity index is 519. The molecule has 0 atom stereocenters. The fraction of sp³-hybridized carbons (Fsp3) is 0.364. The quantitative estimate of drug-likeness (QED) is 0.639. The average molecular weight is 258 g/mol. The summed E-state index contributed by atoms with van der Waals surface area (Å²) in [7, 11) is -2.57. The highest BCUT2D eigenvalue weighted by Crippen LogP contribution is 2.19. The van der Waals surface area contributed by atoms with Crippen molar-refractivity contribution >= 4 is 15.9 Å². The molecule has 0 saturated carbocycles. The monoisotopic (exact) mass is 258 g/mol. The number of carbonyl (C=O) groups excluding carboxylic acids is 1. The van der Waals surface area contributed by atoms with Crippen LogP contribution in [0.15, 0.2) is 18.2 Å². The Labute approximate surface area is 100 Å². The van der Waals surface area contributed by atoms with Crippen molar-refractivity contribution in [1.82, 2.24) is 0 Å². The van der Waals surface area contributed by atoms with Gasteiger partial charge in [-0.2, -0.15) is 8.42 Å². The van der Waals surface area contributed by atoms with E-state index in [9.17, 15) is 13.2 Å². The Kier molecular flexibility index (Phi) is 4.25. The van der Waals surface area contributed by atoms with Crippen molar-refractivity contribution in [2.75, 3.05) is 12.9 Å². The maximum Gasteiger partial charge on any atom is 0.265 e. The summed E-state index contributed by atoms with van der Waals surface area (Å²) < 4.78 is 34.6. The Morgan fingerprint density at radius 1 is 1.41 bits per heavy atom. The molecule has 94 valence electrons. The van der Waals surface area contributed by atoms with E-state index < -0.39 is 15.9 Å². The van der Waals surface area contributed by atoms with E-state index in [1.165, 1.54) is 7.11 Å². The summed E-state index contributed by atoms with van der Waals surface area (Å²) >= 11 is 0. The zero-order valence-electron chi connectivity index (χ0n) is 9.63. The SMILES string of the molecule is COc1ccc(C(=O)CCS(=O)(=O)O)cc1C. The molecule has 0 heterocycles. The van der Waals surface area contributed by atoms with E-state index in [0.29, 0.717) is 11.3 Å². The largest absolute Gasteiger partial charge is 0.496 e. The number of ether oxygens (including phenoxy) is 1. The van der Waals surface area contributed by atoms with Gasteiger partial charge in [0, 0.05) is 12.0 Å². The molecular formula is C11H14O5S. The minimum Gasteiger partial charge on any atom is -0.496 e. The molecule has 0 aliphatic carbocycles. The minimum absolute atomic E-state index is 0.232. The van der Waals surface area contributed by atoms with Crippen LogP contribution in [-0.4, -0.2) is 31.6 Å². The number of Topliss-reactive ketones (excluding diaryl/α,β-unsaturated/α-hetero) is 1. The normalized spacial score (nSPS) is 11.2. The van der Waals surface area contributed by atoms with Gasteiger partial charge in [0.15, 0.2) is 5.78 Å². The van der Waals surface area contributed by atoms with Crippen LogP contribution in [0.4, 0.5) is 0 Å². The first-order valence-corrected chi connectivity index (χ1v) is 6.57. The average Bonchev–Trinajstić information content (AvgIpc) is 2.24. The fourth-order valence-corrected chi connectivity index (χ4v) is 1.86. The number of hydrogen-bond acceptors (Lipinski definition) is 4. The van der Waals surface area contributed by atoms with Crippen LogP contribution in [0, 0.1) is 6.92 Å². The van der Waals surface area contributed by atoms with Crippen LogP contribution in [0.5, 0.6) is 5.75 Å². The van der Waals surface area contributed by atoms with Gasteiger partial charge in [0.1, 0.15) is 5.75 Å². The molecule has 1 rings (SSSR count). The van der Waals surface area contributed by atoms with E-state index in [-0.39, 0.29) is 12.2 Å². The summed E-state index contributed by atoms with van der Waals surface area (Å²) in [5.41, 5.74) is 1.21. The lowest BCUT2D eigenvalue weighted by atomic mass is 10.1. The number of hydrogen-bond donors (Lipinski definition) is 1. The molecule has 0 fully saturated rings. The third-order valence-corrected chi connectivity index (χ3v) is 3.02. The summed E-state index contributed by atoms with van der Waals surface area (Å²) in [6, 6.07) is 4.85. The van der Waals surface area contributed by atoms with Crippen molar-refractivity contribution in [2.24, 2.45) is 0 Å². The topological polar surface area (TPSA) is 80.7 Å². The zero-order chi connectivity index (χ0) is 13.1. The highest BCUT2D eigenvalue weighted by molar-refractivity contribution is 7.85. The predicted octanol–water partition coefficient (Wildman–Crippen LogP) is 1.46. The second-order valence-electron chi connectivity index (χ2n) is 3.64. The minimum atomic E-state index is -4.10. The van der Waals surface area contributed by atoms with Crippen LogP contribution in [0.25, 0.3) is 0 Å². The van der Waals surface area contributed by atoms with E-state index in [1.54, 1.807) is 25.1 Å². The van der Waals surface area contributed by atoms with Gasteiger partial charge in [-0.15, -0.1) is 0 Å². The summed E-state index contributed by atoms with van der Waals surface area (Å²) in [5, 5.41) is 0. The number of rotatable bonds is 5. The van der Waals surface area contributed by atoms with E-state index >= 15 is 0 Å². The molecule has 0 bridgehead atoms. The van der Waals surface area contributed by atoms with Crippen molar-refractivity contribution in [2.45, 2.75) is 13.3 Å². The standard InChI is InChI=1S/C11H14O5S/c1-8-7-9(3-4-11(8)16-2)10(12)5-6-17(13,14)15/h3-4,7H,5-6H2,1-2H3,(H,13,14,15). The smallest absolute Gasteiger partial charge is 0.265 e. The number of benzene rings is 1. The van der Waals surface area contributed by atoms with Crippen LogP contribution < -0.4 is 4.74 Å². The molecule has 1 aromatic carbocycles. The first-order chi connectivity index (χ1) is 7.83. The van der Waals surface area contributed by atoms with Crippen LogP contribution >= 0.6 is 0 Å². The summed E-state index contributed by atoms with van der Waals surface area (Å²) in [6.45, 7) is 1.79. The molecule has 0 saturated heterocycles. The van der Waals surface area contributed by atoms with Crippen LogP contribution in [0.1, 0.15) is 22.3 Å². The number of carbonyl (C=O) groups is 1. The van der Waals surface area contributed by atoms with E-state index in [1.807, 2.05) is 0 Å². The highest BCUT2D eigenvalue weighted by Gasteiger charge is 2.12. The lowest BCUT2D eigenvalue weighted by Gasteiger charge is -2.06. The molecule has 17 heavy (non-hydrogen) atoms. The third kappa shape index (κ3) is 4.16. The first kappa shape index (κ1) is 13.7. The molecule has 0 unspecified atom stereocenters.